The zero-order valence-electron chi connectivity index (χ0n) is 18.3. The standard InChI is InChI=1S/C22H37N3O2/c1-13(2)19-24-18(22(6,7)8)17(21(3,4)5)16-9-15(10-25(16)19)23-20(26)14-11-27-12-14/h13-15,18H,9-12H2,1-8H3,(H,23,26). The summed E-state index contributed by atoms with van der Waals surface area (Å²) in [6.45, 7) is 20.1. The monoisotopic (exact) mass is 375 g/mol. The van der Waals surface area contributed by atoms with Crippen LogP contribution in [0.25, 0.3) is 0 Å². The molecule has 3 rings (SSSR count). The molecule has 0 aromatic rings. The number of amidine groups is 1. The van der Waals surface area contributed by atoms with Crippen molar-refractivity contribution in [3.05, 3.63) is 11.3 Å². The van der Waals surface area contributed by atoms with E-state index in [0.717, 1.165) is 13.0 Å². The van der Waals surface area contributed by atoms with Crippen LogP contribution in [-0.4, -0.2) is 48.5 Å². The number of rotatable bonds is 3. The maximum absolute atomic E-state index is 12.4. The molecular formula is C22H37N3O2. The third-order valence-corrected chi connectivity index (χ3v) is 5.79. The average Bonchev–Trinajstić information content (AvgIpc) is 2.83. The van der Waals surface area contributed by atoms with E-state index >= 15 is 0 Å². The molecular weight excluding hydrogens is 338 g/mol. The summed E-state index contributed by atoms with van der Waals surface area (Å²) in [4.78, 5) is 20.1. The van der Waals surface area contributed by atoms with Gasteiger partial charge in [-0.2, -0.15) is 0 Å². The van der Waals surface area contributed by atoms with Gasteiger partial charge in [-0.1, -0.05) is 55.4 Å². The minimum absolute atomic E-state index is 0.0271. The van der Waals surface area contributed by atoms with Gasteiger partial charge in [-0.3, -0.25) is 9.79 Å². The lowest BCUT2D eigenvalue weighted by molar-refractivity contribution is -0.139. The first-order valence-electron chi connectivity index (χ1n) is 10.4. The summed E-state index contributed by atoms with van der Waals surface area (Å²) in [6.07, 6.45) is 0.893. The van der Waals surface area contributed by atoms with Gasteiger partial charge >= 0.3 is 0 Å². The number of hydrogen-bond acceptors (Lipinski definition) is 4. The molecule has 2 saturated heterocycles. The van der Waals surface area contributed by atoms with Crippen LogP contribution >= 0.6 is 0 Å². The highest BCUT2D eigenvalue weighted by molar-refractivity contribution is 5.88. The number of carbonyl (C=O) groups is 1. The first-order valence-corrected chi connectivity index (χ1v) is 10.4. The molecule has 0 spiro atoms. The second kappa shape index (κ2) is 6.91. The fraction of sp³-hybridized carbons (Fsp3) is 0.818. The summed E-state index contributed by atoms with van der Waals surface area (Å²) >= 11 is 0. The number of nitrogens with one attached hydrogen (secondary N) is 1. The van der Waals surface area contributed by atoms with Gasteiger partial charge in [0.05, 0.1) is 31.2 Å². The third-order valence-electron chi connectivity index (χ3n) is 5.79. The highest BCUT2D eigenvalue weighted by atomic mass is 16.5. The van der Waals surface area contributed by atoms with Gasteiger partial charge < -0.3 is 15.0 Å². The van der Waals surface area contributed by atoms with Gasteiger partial charge in [-0.15, -0.1) is 0 Å². The first kappa shape index (κ1) is 20.4. The Balaban J connectivity index is 1.96. The fourth-order valence-corrected chi connectivity index (χ4v) is 4.38. The average molecular weight is 376 g/mol. The zero-order valence-corrected chi connectivity index (χ0v) is 18.3. The molecule has 5 nitrogen and oxygen atoms in total. The molecule has 0 bridgehead atoms. The van der Waals surface area contributed by atoms with Crippen LogP contribution in [0.1, 0.15) is 61.8 Å². The number of nitrogens with zero attached hydrogens (tertiary/aromatic N) is 2. The summed E-state index contributed by atoms with van der Waals surface area (Å²) < 4.78 is 5.18. The van der Waals surface area contributed by atoms with Gasteiger partial charge in [0.25, 0.3) is 0 Å². The predicted molar refractivity (Wildman–Crippen MR) is 110 cm³/mol. The smallest absolute Gasteiger partial charge is 0.228 e. The van der Waals surface area contributed by atoms with Crippen molar-refractivity contribution >= 4 is 11.7 Å². The van der Waals surface area contributed by atoms with Gasteiger partial charge in [-0.05, 0) is 16.4 Å². The molecule has 0 aromatic carbocycles. The van der Waals surface area contributed by atoms with Crippen molar-refractivity contribution < 1.29 is 9.53 Å². The summed E-state index contributed by atoms with van der Waals surface area (Å²) in [6, 6.07) is 0.323. The molecule has 0 saturated carbocycles. The second-order valence-corrected chi connectivity index (χ2v) is 10.8. The van der Waals surface area contributed by atoms with Crippen molar-refractivity contribution in [2.75, 3.05) is 19.8 Å². The Hall–Kier alpha value is -1.36. The molecule has 152 valence electrons. The molecule has 1 amide bonds. The number of amides is 1. The van der Waals surface area contributed by atoms with Crippen LogP contribution in [0.3, 0.4) is 0 Å². The Bertz CT molecular complexity index is 660. The molecule has 2 atom stereocenters. The van der Waals surface area contributed by atoms with Crippen LogP contribution in [0.2, 0.25) is 0 Å². The molecule has 0 radical (unpaired) electrons. The minimum Gasteiger partial charge on any atom is -0.380 e. The molecule has 3 aliphatic rings. The van der Waals surface area contributed by atoms with Gasteiger partial charge in [-0.25, -0.2) is 0 Å². The van der Waals surface area contributed by atoms with E-state index in [9.17, 15) is 4.79 Å². The number of ether oxygens (including phenoxy) is 1. The lowest BCUT2D eigenvalue weighted by Gasteiger charge is -2.44. The Morgan fingerprint density at radius 3 is 2.26 bits per heavy atom. The molecule has 1 N–H and O–H groups in total. The molecule has 3 heterocycles. The molecule has 2 unspecified atom stereocenters. The van der Waals surface area contributed by atoms with Crippen LogP contribution < -0.4 is 5.32 Å². The maximum atomic E-state index is 12.4. The fourth-order valence-electron chi connectivity index (χ4n) is 4.38. The summed E-state index contributed by atoms with van der Waals surface area (Å²) in [5.41, 5.74) is 2.92. The van der Waals surface area contributed by atoms with E-state index in [0.29, 0.717) is 19.1 Å². The van der Waals surface area contributed by atoms with E-state index in [-0.39, 0.29) is 34.7 Å². The summed E-state index contributed by atoms with van der Waals surface area (Å²) in [7, 11) is 0. The molecule has 0 aromatic heterocycles. The lowest BCUT2D eigenvalue weighted by atomic mass is 9.71. The Kier molecular flexibility index (Phi) is 5.21. The van der Waals surface area contributed by atoms with E-state index in [1.807, 2.05) is 0 Å². The van der Waals surface area contributed by atoms with Crippen LogP contribution in [-0.2, 0) is 9.53 Å². The Morgan fingerprint density at radius 2 is 1.81 bits per heavy atom. The highest BCUT2D eigenvalue weighted by Gasteiger charge is 2.45. The zero-order chi connectivity index (χ0) is 20.1. The highest BCUT2D eigenvalue weighted by Crippen LogP contribution is 2.46. The molecule has 0 aliphatic carbocycles. The van der Waals surface area contributed by atoms with Crippen molar-refractivity contribution in [3.63, 3.8) is 0 Å². The van der Waals surface area contributed by atoms with E-state index < -0.39 is 0 Å². The molecule has 2 fully saturated rings. The van der Waals surface area contributed by atoms with Gasteiger partial charge in [0.15, 0.2) is 0 Å². The van der Waals surface area contributed by atoms with E-state index in [4.69, 9.17) is 9.73 Å². The van der Waals surface area contributed by atoms with Crippen LogP contribution in [0.4, 0.5) is 0 Å². The van der Waals surface area contributed by atoms with E-state index in [1.165, 1.54) is 17.1 Å². The molecule has 27 heavy (non-hydrogen) atoms. The van der Waals surface area contributed by atoms with Crippen molar-refractivity contribution in [2.45, 2.75) is 73.9 Å². The van der Waals surface area contributed by atoms with Crippen LogP contribution in [0, 0.1) is 22.7 Å². The van der Waals surface area contributed by atoms with E-state index in [1.54, 1.807) is 0 Å². The van der Waals surface area contributed by atoms with Crippen molar-refractivity contribution in [1.29, 1.82) is 0 Å². The number of hydrogen-bond donors (Lipinski definition) is 1. The number of fused-ring (bicyclic) bond motifs is 1. The Morgan fingerprint density at radius 1 is 1.19 bits per heavy atom. The van der Waals surface area contributed by atoms with Crippen molar-refractivity contribution in [2.24, 2.45) is 27.7 Å². The van der Waals surface area contributed by atoms with Crippen LogP contribution in [0.5, 0.6) is 0 Å². The van der Waals surface area contributed by atoms with Crippen molar-refractivity contribution in [1.82, 2.24) is 10.2 Å². The molecule has 5 heteroatoms. The predicted octanol–water partition coefficient (Wildman–Crippen LogP) is 3.61. The van der Waals surface area contributed by atoms with Gasteiger partial charge in [0.2, 0.25) is 5.91 Å². The SMILES string of the molecule is CC(C)C1=NC(C(C)(C)C)C(C(C)(C)C)=C2CC(NC(=O)C3COC3)CN12. The largest absolute Gasteiger partial charge is 0.380 e. The lowest BCUT2D eigenvalue weighted by Crippen LogP contribution is -2.48. The van der Waals surface area contributed by atoms with Gasteiger partial charge in [0.1, 0.15) is 5.84 Å². The van der Waals surface area contributed by atoms with Gasteiger partial charge in [0, 0.05) is 24.6 Å². The normalized spacial score (nSPS) is 26.9. The first-order chi connectivity index (χ1) is 12.4. The van der Waals surface area contributed by atoms with Crippen molar-refractivity contribution in [3.8, 4) is 0 Å². The maximum Gasteiger partial charge on any atom is 0.228 e. The summed E-state index contributed by atoms with van der Waals surface area (Å²) in [5.74, 6) is 1.70. The minimum atomic E-state index is 0.0271. The second-order valence-electron chi connectivity index (χ2n) is 10.8. The third kappa shape index (κ3) is 3.94. The quantitative estimate of drug-likeness (QED) is 0.820. The summed E-state index contributed by atoms with van der Waals surface area (Å²) in [5, 5.41) is 3.27. The molecule has 3 aliphatic heterocycles. The Labute approximate surface area is 164 Å². The topological polar surface area (TPSA) is 53.9 Å². The number of carbonyl (C=O) groups excluding carboxylic acids is 1. The van der Waals surface area contributed by atoms with E-state index in [2.05, 4.69) is 65.6 Å². The van der Waals surface area contributed by atoms with Crippen LogP contribution in [0.15, 0.2) is 16.3 Å². The number of aliphatic imine (C=N–C) groups is 1.